The average molecular weight is 228 g/mol. The van der Waals surface area contributed by atoms with Gasteiger partial charge in [0.15, 0.2) is 0 Å². The van der Waals surface area contributed by atoms with Crippen LogP contribution < -0.4 is 4.90 Å². The molecule has 0 spiro atoms. The first-order valence-corrected chi connectivity index (χ1v) is 6.00. The molecule has 17 heavy (non-hydrogen) atoms. The van der Waals surface area contributed by atoms with Crippen molar-refractivity contribution in [3.63, 3.8) is 0 Å². The Labute approximate surface area is 102 Å². The molecule has 0 fully saturated rings. The normalized spacial score (nSPS) is 15.9. The smallest absolute Gasteiger partial charge is 0.230 e. The number of hydrogen-bond donors (Lipinski definition) is 0. The van der Waals surface area contributed by atoms with Crippen molar-refractivity contribution < 1.29 is 4.79 Å². The third kappa shape index (κ3) is 2.31. The third-order valence-corrected chi connectivity index (χ3v) is 3.20. The molecule has 0 bridgehead atoms. The highest BCUT2D eigenvalue weighted by molar-refractivity contribution is 5.96. The fourth-order valence-corrected chi connectivity index (χ4v) is 2.25. The molecule has 1 aliphatic heterocycles. The molecule has 0 saturated heterocycles. The van der Waals surface area contributed by atoms with Gasteiger partial charge >= 0.3 is 0 Å². The van der Waals surface area contributed by atoms with E-state index in [-0.39, 0.29) is 18.2 Å². The maximum atomic E-state index is 12.2. The van der Waals surface area contributed by atoms with E-state index in [1.807, 2.05) is 30.0 Å². The van der Waals surface area contributed by atoms with E-state index < -0.39 is 0 Å². The predicted octanol–water partition coefficient (Wildman–Crippen LogP) is 2.52. The van der Waals surface area contributed by atoms with Gasteiger partial charge in [0.1, 0.15) is 0 Å². The zero-order valence-electron chi connectivity index (χ0n) is 10.0. The summed E-state index contributed by atoms with van der Waals surface area (Å²) in [4.78, 5) is 14.1. The molecule has 1 aliphatic rings. The summed E-state index contributed by atoms with van der Waals surface area (Å²) in [5.74, 6) is -0.148. The van der Waals surface area contributed by atoms with Crippen molar-refractivity contribution in [3.8, 4) is 6.07 Å². The molecule has 1 amide bonds. The summed E-state index contributed by atoms with van der Waals surface area (Å²) in [7, 11) is 0. The summed E-state index contributed by atoms with van der Waals surface area (Å²) in [6.45, 7) is 2.59. The van der Waals surface area contributed by atoms with Gasteiger partial charge in [0.2, 0.25) is 5.91 Å². The monoisotopic (exact) mass is 228 g/mol. The summed E-state index contributed by atoms with van der Waals surface area (Å²) >= 11 is 0. The van der Waals surface area contributed by atoms with Gasteiger partial charge in [0.05, 0.1) is 6.07 Å². The van der Waals surface area contributed by atoms with Crippen molar-refractivity contribution in [3.05, 3.63) is 29.8 Å². The standard InChI is InChI=1S/C14H16N2O/c1-11(8-9-15)14(17)16-10-4-6-12-5-2-3-7-13(12)16/h2-3,5,7,11H,4,6,8,10H2,1H3. The van der Waals surface area contributed by atoms with Gasteiger partial charge in [0.25, 0.3) is 0 Å². The Bertz CT molecular complexity index is 462. The van der Waals surface area contributed by atoms with Crippen molar-refractivity contribution in [2.75, 3.05) is 11.4 Å². The third-order valence-electron chi connectivity index (χ3n) is 3.20. The van der Waals surface area contributed by atoms with Crippen molar-refractivity contribution in [2.24, 2.45) is 5.92 Å². The zero-order valence-corrected chi connectivity index (χ0v) is 10.0. The van der Waals surface area contributed by atoms with Gasteiger partial charge in [-0.2, -0.15) is 5.26 Å². The van der Waals surface area contributed by atoms with E-state index in [2.05, 4.69) is 12.1 Å². The number of amides is 1. The minimum absolute atomic E-state index is 0.0682. The Balaban J connectivity index is 2.24. The Kier molecular flexibility index (Phi) is 3.43. The summed E-state index contributed by atoms with van der Waals surface area (Å²) in [5, 5.41) is 8.66. The van der Waals surface area contributed by atoms with E-state index in [4.69, 9.17) is 5.26 Å². The molecule has 1 heterocycles. The van der Waals surface area contributed by atoms with E-state index >= 15 is 0 Å². The van der Waals surface area contributed by atoms with Crippen LogP contribution >= 0.6 is 0 Å². The van der Waals surface area contributed by atoms with E-state index in [1.54, 1.807) is 0 Å². The van der Waals surface area contributed by atoms with Gasteiger partial charge in [0, 0.05) is 24.6 Å². The minimum atomic E-state index is -0.217. The molecule has 0 saturated carbocycles. The SMILES string of the molecule is CC(CC#N)C(=O)N1CCCc2ccccc21. The molecule has 1 aromatic rings. The molecular weight excluding hydrogens is 212 g/mol. The number of nitriles is 1. The Morgan fingerprint density at radius 3 is 3.06 bits per heavy atom. The lowest BCUT2D eigenvalue weighted by Gasteiger charge is -2.31. The quantitative estimate of drug-likeness (QED) is 0.780. The molecule has 88 valence electrons. The van der Waals surface area contributed by atoms with Crippen LogP contribution in [0.25, 0.3) is 0 Å². The highest BCUT2D eigenvalue weighted by Gasteiger charge is 2.25. The van der Waals surface area contributed by atoms with Crippen LogP contribution in [0.1, 0.15) is 25.3 Å². The number of rotatable bonds is 2. The summed E-state index contributed by atoms with van der Waals surface area (Å²) in [6.07, 6.45) is 2.33. The second kappa shape index (κ2) is 5.01. The fraction of sp³-hybridized carbons (Fsp3) is 0.429. The first kappa shape index (κ1) is 11.7. The van der Waals surface area contributed by atoms with E-state index in [9.17, 15) is 4.79 Å². The molecule has 3 heteroatoms. The van der Waals surface area contributed by atoms with Gasteiger partial charge < -0.3 is 4.90 Å². The zero-order chi connectivity index (χ0) is 12.3. The highest BCUT2D eigenvalue weighted by Crippen LogP contribution is 2.28. The van der Waals surface area contributed by atoms with E-state index in [1.165, 1.54) is 5.56 Å². The lowest BCUT2D eigenvalue weighted by Crippen LogP contribution is -2.38. The predicted molar refractivity (Wildman–Crippen MR) is 66.5 cm³/mol. The van der Waals surface area contributed by atoms with Gasteiger partial charge in [-0.15, -0.1) is 0 Å². The van der Waals surface area contributed by atoms with Crippen LogP contribution in [-0.2, 0) is 11.2 Å². The fourth-order valence-electron chi connectivity index (χ4n) is 2.25. The lowest BCUT2D eigenvalue weighted by atomic mass is 9.99. The molecule has 2 rings (SSSR count). The lowest BCUT2D eigenvalue weighted by molar-refractivity contribution is -0.121. The van der Waals surface area contributed by atoms with E-state index in [0.717, 1.165) is 25.1 Å². The molecule has 0 aromatic heterocycles. The maximum Gasteiger partial charge on any atom is 0.230 e. The number of carbonyl (C=O) groups excluding carboxylic acids is 1. The Hall–Kier alpha value is -1.82. The van der Waals surface area contributed by atoms with Crippen molar-refractivity contribution >= 4 is 11.6 Å². The van der Waals surface area contributed by atoms with Crippen molar-refractivity contribution in [1.29, 1.82) is 5.26 Å². The highest BCUT2D eigenvalue weighted by atomic mass is 16.2. The molecule has 1 aromatic carbocycles. The first-order chi connectivity index (χ1) is 8.24. The number of benzene rings is 1. The number of hydrogen-bond acceptors (Lipinski definition) is 2. The van der Waals surface area contributed by atoms with Crippen LogP contribution in [0.2, 0.25) is 0 Å². The van der Waals surface area contributed by atoms with Crippen molar-refractivity contribution in [2.45, 2.75) is 26.2 Å². The summed E-state index contributed by atoms with van der Waals surface area (Å²) < 4.78 is 0. The van der Waals surface area contributed by atoms with E-state index in [0.29, 0.717) is 0 Å². The van der Waals surface area contributed by atoms with Crippen molar-refractivity contribution in [1.82, 2.24) is 0 Å². The maximum absolute atomic E-state index is 12.2. The largest absolute Gasteiger partial charge is 0.312 e. The molecular formula is C14H16N2O. The van der Waals surface area contributed by atoms with Crippen LogP contribution in [-0.4, -0.2) is 12.5 Å². The number of nitrogens with zero attached hydrogens (tertiary/aromatic N) is 2. The van der Waals surface area contributed by atoms with Crippen LogP contribution in [0.3, 0.4) is 0 Å². The second-order valence-electron chi connectivity index (χ2n) is 4.49. The minimum Gasteiger partial charge on any atom is -0.312 e. The molecule has 1 atom stereocenters. The molecule has 0 N–H and O–H groups in total. The summed E-state index contributed by atoms with van der Waals surface area (Å²) in [6, 6.07) is 10.1. The average Bonchev–Trinajstić information content (AvgIpc) is 2.37. The van der Waals surface area contributed by atoms with Gasteiger partial charge in [-0.25, -0.2) is 0 Å². The van der Waals surface area contributed by atoms with Crippen LogP contribution in [0.15, 0.2) is 24.3 Å². The molecule has 3 nitrogen and oxygen atoms in total. The van der Waals surface area contributed by atoms with Gasteiger partial charge in [-0.05, 0) is 24.5 Å². The molecule has 1 unspecified atom stereocenters. The van der Waals surface area contributed by atoms with Crippen LogP contribution in [0.4, 0.5) is 5.69 Å². The summed E-state index contributed by atoms with van der Waals surface area (Å²) in [5.41, 5.74) is 2.25. The van der Waals surface area contributed by atoms with Gasteiger partial charge in [-0.1, -0.05) is 25.1 Å². The van der Waals surface area contributed by atoms with Gasteiger partial charge in [-0.3, -0.25) is 4.79 Å². The first-order valence-electron chi connectivity index (χ1n) is 6.00. The Morgan fingerprint density at radius 2 is 2.29 bits per heavy atom. The van der Waals surface area contributed by atoms with Crippen LogP contribution in [0, 0.1) is 17.2 Å². The van der Waals surface area contributed by atoms with Crippen LogP contribution in [0.5, 0.6) is 0 Å². The molecule has 0 radical (unpaired) electrons. The number of fused-ring (bicyclic) bond motifs is 1. The number of para-hydroxylation sites is 1. The topological polar surface area (TPSA) is 44.1 Å². The molecule has 0 aliphatic carbocycles. The second-order valence-corrected chi connectivity index (χ2v) is 4.49. The Morgan fingerprint density at radius 1 is 1.53 bits per heavy atom. The number of aryl methyl sites for hydroxylation is 1. The number of carbonyl (C=O) groups is 1. The number of anilines is 1.